The lowest BCUT2D eigenvalue weighted by atomic mass is 10.1. The van der Waals surface area contributed by atoms with Crippen molar-refractivity contribution in [3.8, 4) is 17.2 Å². The highest BCUT2D eigenvalue weighted by Gasteiger charge is 2.08. The topological polar surface area (TPSA) is 44.5 Å². The van der Waals surface area contributed by atoms with E-state index in [1.54, 1.807) is 0 Å². The molecule has 0 fully saturated rings. The van der Waals surface area contributed by atoms with Gasteiger partial charge in [0.15, 0.2) is 0 Å². The van der Waals surface area contributed by atoms with E-state index in [1.807, 2.05) is 56.3 Å². The molecule has 1 unspecified atom stereocenters. The van der Waals surface area contributed by atoms with Gasteiger partial charge in [0.1, 0.15) is 17.2 Å². The number of benzene rings is 2. The van der Waals surface area contributed by atoms with Gasteiger partial charge in [0, 0.05) is 11.1 Å². The summed E-state index contributed by atoms with van der Waals surface area (Å²) >= 11 is 6.05. The van der Waals surface area contributed by atoms with E-state index in [0.717, 1.165) is 22.8 Å². The summed E-state index contributed by atoms with van der Waals surface area (Å²) in [6.45, 7) is 4.57. The highest BCUT2D eigenvalue weighted by molar-refractivity contribution is 6.30. The fraction of sp³-hybridized carbons (Fsp3) is 0.294. The fourth-order valence-electron chi connectivity index (χ4n) is 2.05. The van der Waals surface area contributed by atoms with Crippen molar-refractivity contribution in [2.45, 2.75) is 26.3 Å². The summed E-state index contributed by atoms with van der Waals surface area (Å²) in [5.74, 6) is 2.37. The number of hydrogen-bond acceptors (Lipinski definition) is 3. The second-order valence-corrected chi connectivity index (χ2v) is 5.38. The van der Waals surface area contributed by atoms with Crippen LogP contribution in [0, 0.1) is 0 Å². The summed E-state index contributed by atoms with van der Waals surface area (Å²) in [7, 11) is 0. The highest BCUT2D eigenvalue weighted by Crippen LogP contribution is 2.29. The van der Waals surface area contributed by atoms with Crippen LogP contribution in [0.5, 0.6) is 17.2 Å². The molecule has 2 aromatic rings. The Morgan fingerprint density at radius 1 is 1.10 bits per heavy atom. The zero-order valence-electron chi connectivity index (χ0n) is 12.3. The van der Waals surface area contributed by atoms with Crippen LogP contribution in [-0.4, -0.2) is 12.6 Å². The molecule has 0 aromatic heterocycles. The van der Waals surface area contributed by atoms with E-state index >= 15 is 0 Å². The largest absolute Gasteiger partial charge is 0.494 e. The average Bonchev–Trinajstić information content (AvgIpc) is 2.43. The van der Waals surface area contributed by atoms with Crippen LogP contribution in [0.3, 0.4) is 0 Å². The van der Waals surface area contributed by atoms with Crippen LogP contribution < -0.4 is 15.2 Å². The van der Waals surface area contributed by atoms with Crippen molar-refractivity contribution in [2.24, 2.45) is 5.73 Å². The Hall–Kier alpha value is -1.71. The van der Waals surface area contributed by atoms with Gasteiger partial charge in [-0.3, -0.25) is 0 Å². The number of ether oxygens (including phenoxy) is 2. The fourth-order valence-corrected chi connectivity index (χ4v) is 2.25. The molecule has 0 bridgehead atoms. The van der Waals surface area contributed by atoms with Crippen molar-refractivity contribution >= 4 is 11.6 Å². The molecular weight excluding hydrogens is 286 g/mol. The van der Waals surface area contributed by atoms with Gasteiger partial charge in [-0.25, -0.2) is 0 Å². The molecular formula is C17H20ClNO2. The molecule has 112 valence electrons. The molecule has 4 heteroatoms. The minimum Gasteiger partial charge on any atom is -0.494 e. The van der Waals surface area contributed by atoms with Crippen LogP contribution in [0.15, 0.2) is 42.5 Å². The number of nitrogens with two attached hydrogens (primary N) is 1. The average molecular weight is 306 g/mol. The van der Waals surface area contributed by atoms with Crippen molar-refractivity contribution in [2.75, 3.05) is 6.61 Å². The van der Waals surface area contributed by atoms with Gasteiger partial charge in [0.25, 0.3) is 0 Å². The Kier molecular flexibility index (Phi) is 5.48. The number of halogens is 1. The van der Waals surface area contributed by atoms with Crippen LogP contribution in [0.1, 0.15) is 19.4 Å². The van der Waals surface area contributed by atoms with E-state index in [-0.39, 0.29) is 6.04 Å². The molecule has 1 atom stereocenters. The molecule has 2 rings (SSSR count). The van der Waals surface area contributed by atoms with Gasteiger partial charge in [-0.15, -0.1) is 0 Å². The smallest absolute Gasteiger partial charge is 0.130 e. The van der Waals surface area contributed by atoms with Crippen molar-refractivity contribution in [3.63, 3.8) is 0 Å². The molecule has 0 aliphatic heterocycles. The molecule has 3 nitrogen and oxygen atoms in total. The monoisotopic (exact) mass is 305 g/mol. The zero-order chi connectivity index (χ0) is 15.2. The van der Waals surface area contributed by atoms with Gasteiger partial charge >= 0.3 is 0 Å². The third-order valence-electron chi connectivity index (χ3n) is 2.93. The van der Waals surface area contributed by atoms with Crippen LogP contribution in [-0.2, 0) is 6.42 Å². The SMILES string of the molecule is CCOc1ccc(Oc2ccc(Cl)cc2CC(C)N)cc1. The molecule has 0 saturated heterocycles. The third-order valence-corrected chi connectivity index (χ3v) is 3.16. The Morgan fingerprint density at radius 2 is 1.76 bits per heavy atom. The first-order valence-corrected chi connectivity index (χ1v) is 7.41. The van der Waals surface area contributed by atoms with E-state index in [2.05, 4.69) is 0 Å². The quantitative estimate of drug-likeness (QED) is 0.859. The van der Waals surface area contributed by atoms with Crippen LogP contribution >= 0.6 is 11.6 Å². The second kappa shape index (κ2) is 7.34. The van der Waals surface area contributed by atoms with Crippen molar-refractivity contribution < 1.29 is 9.47 Å². The first-order valence-electron chi connectivity index (χ1n) is 7.03. The summed E-state index contributed by atoms with van der Waals surface area (Å²) in [5.41, 5.74) is 6.88. The maximum Gasteiger partial charge on any atom is 0.130 e. The lowest BCUT2D eigenvalue weighted by Crippen LogP contribution is -2.18. The van der Waals surface area contributed by atoms with Gasteiger partial charge in [0.2, 0.25) is 0 Å². The molecule has 0 radical (unpaired) electrons. The minimum atomic E-state index is 0.0474. The first-order chi connectivity index (χ1) is 10.1. The van der Waals surface area contributed by atoms with Gasteiger partial charge in [-0.2, -0.15) is 0 Å². The molecule has 21 heavy (non-hydrogen) atoms. The predicted molar refractivity (Wildman–Crippen MR) is 86.5 cm³/mol. The zero-order valence-corrected chi connectivity index (χ0v) is 13.1. The third kappa shape index (κ3) is 4.66. The van der Waals surface area contributed by atoms with E-state index < -0.39 is 0 Å². The van der Waals surface area contributed by atoms with Crippen LogP contribution in [0.4, 0.5) is 0 Å². The lowest BCUT2D eigenvalue weighted by Gasteiger charge is -2.13. The Morgan fingerprint density at radius 3 is 2.38 bits per heavy atom. The molecule has 0 saturated carbocycles. The van der Waals surface area contributed by atoms with Crippen molar-refractivity contribution in [1.29, 1.82) is 0 Å². The van der Waals surface area contributed by atoms with Crippen molar-refractivity contribution in [1.82, 2.24) is 0 Å². The molecule has 0 spiro atoms. The molecule has 2 N–H and O–H groups in total. The maximum absolute atomic E-state index is 6.05. The second-order valence-electron chi connectivity index (χ2n) is 4.94. The van der Waals surface area contributed by atoms with Crippen LogP contribution in [0.2, 0.25) is 5.02 Å². The summed E-state index contributed by atoms with van der Waals surface area (Å²) < 4.78 is 11.3. The molecule has 0 heterocycles. The normalized spacial score (nSPS) is 12.0. The molecule has 0 aliphatic rings. The van der Waals surface area contributed by atoms with Crippen LogP contribution in [0.25, 0.3) is 0 Å². The maximum atomic E-state index is 6.05. The summed E-state index contributed by atoms with van der Waals surface area (Å²) in [4.78, 5) is 0. The van der Waals surface area contributed by atoms with E-state index in [1.165, 1.54) is 0 Å². The molecule has 0 aliphatic carbocycles. The van der Waals surface area contributed by atoms with Gasteiger partial charge in [-0.1, -0.05) is 11.6 Å². The van der Waals surface area contributed by atoms with Crippen molar-refractivity contribution in [3.05, 3.63) is 53.1 Å². The minimum absolute atomic E-state index is 0.0474. The first kappa shape index (κ1) is 15.7. The highest BCUT2D eigenvalue weighted by atomic mass is 35.5. The van der Waals surface area contributed by atoms with Gasteiger partial charge in [-0.05, 0) is 68.3 Å². The Balaban J connectivity index is 2.18. The molecule has 2 aromatic carbocycles. The summed E-state index contributed by atoms with van der Waals surface area (Å²) in [6, 6.07) is 13.2. The molecule has 0 amide bonds. The standard InChI is InChI=1S/C17H20ClNO2/c1-3-20-15-5-7-16(8-6-15)21-17-9-4-14(18)11-13(17)10-12(2)19/h4-9,11-12H,3,10,19H2,1-2H3. The van der Waals surface area contributed by atoms with E-state index in [4.69, 9.17) is 26.8 Å². The van der Waals surface area contributed by atoms with E-state index in [0.29, 0.717) is 18.1 Å². The summed E-state index contributed by atoms with van der Waals surface area (Å²) in [6.07, 6.45) is 0.715. The van der Waals surface area contributed by atoms with E-state index in [9.17, 15) is 0 Å². The number of rotatable bonds is 6. The predicted octanol–water partition coefficient (Wildman–Crippen LogP) is 4.42. The number of hydrogen-bond donors (Lipinski definition) is 1. The summed E-state index contributed by atoms with van der Waals surface area (Å²) in [5, 5.41) is 0.685. The van der Waals surface area contributed by atoms with Gasteiger partial charge < -0.3 is 15.2 Å². The Bertz CT molecular complexity index is 582. The lowest BCUT2D eigenvalue weighted by molar-refractivity contribution is 0.339. The van der Waals surface area contributed by atoms with Gasteiger partial charge in [0.05, 0.1) is 6.61 Å². The Labute approximate surface area is 130 Å².